The van der Waals surface area contributed by atoms with Crippen molar-refractivity contribution in [2.75, 3.05) is 6.61 Å². The number of esters is 1. The zero-order valence-electron chi connectivity index (χ0n) is 14.9. The summed E-state index contributed by atoms with van der Waals surface area (Å²) in [7, 11) is 0. The van der Waals surface area contributed by atoms with Gasteiger partial charge in [0.2, 0.25) is 0 Å². The average molecular weight is 396 g/mol. The quantitative estimate of drug-likeness (QED) is 0.409. The Labute approximate surface area is 163 Å². The Morgan fingerprint density at radius 2 is 1.90 bits per heavy atom. The number of benzene rings is 2. The molecule has 1 aromatic heterocycles. The molecule has 3 aromatic rings. The highest BCUT2D eigenvalue weighted by Gasteiger charge is 2.24. The molecule has 0 saturated carbocycles. The smallest absolute Gasteiger partial charge is 0.333 e. The maximum absolute atomic E-state index is 13.5. The second-order valence-corrected chi connectivity index (χ2v) is 6.50. The maximum Gasteiger partial charge on any atom is 0.333 e. The van der Waals surface area contributed by atoms with Gasteiger partial charge in [-0.2, -0.15) is 0 Å². The van der Waals surface area contributed by atoms with E-state index in [0.717, 1.165) is 18.2 Å². The Morgan fingerprint density at radius 3 is 2.62 bits per heavy atom. The number of amides is 1. The molecule has 0 unspecified atom stereocenters. The van der Waals surface area contributed by atoms with Crippen molar-refractivity contribution in [3.05, 3.63) is 83.2 Å². The number of nitrogens with zero attached hydrogens (tertiary/aromatic N) is 1. The molecule has 6 nitrogen and oxygen atoms in total. The van der Waals surface area contributed by atoms with Crippen molar-refractivity contribution in [3.63, 3.8) is 0 Å². The molecule has 0 fully saturated rings. The molecule has 29 heavy (non-hydrogen) atoms. The van der Waals surface area contributed by atoms with Gasteiger partial charge in [0.25, 0.3) is 11.7 Å². The Kier molecular flexibility index (Phi) is 4.67. The van der Waals surface area contributed by atoms with Gasteiger partial charge in [-0.1, -0.05) is 24.3 Å². The molecule has 2 heterocycles. The summed E-state index contributed by atoms with van der Waals surface area (Å²) in [6.45, 7) is 0.0792. The number of rotatable bonds is 5. The van der Waals surface area contributed by atoms with Crippen molar-refractivity contribution < 1.29 is 27.9 Å². The van der Waals surface area contributed by atoms with Gasteiger partial charge in [0.05, 0.1) is 11.3 Å². The van der Waals surface area contributed by atoms with Gasteiger partial charge >= 0.3 is 5.97 Å². The average Bonchev–Trinajstić information content (AvgIpc) is 3.28. The van der Waals surface area contributed by atoms with Gasteiger partial charge in [0, 0.05) is 29.7 Å². The van der Waals surface area contributed by atoms with E-state index in [4.69, 9.17) is 4.74 Å². The van der Waals surface area contributed by atoms with Crippen LogP contribution in [0.3, 0.4) is 0 Å². The summed E-state index contributed by atoms with van der Waals surface area (Å²) in [5, 5.41) is 2.92. The van der Waals surface area contributed by atoms with Crippen molar-refractivity contribution in [2.24, 2.45) is 0 Å². The van der Waals surface area contributed by atoms with Crippen LogP contribution in [-0.4, -0.2) is 28.8 Å². The van der Waals surface area contributed by atoms with Crippen LogP contribution < -0.4 is 5.32 Å². The zero-order chi connectivity index (χ0) is 20.5. The number of para-hydroxylation sites is 1. The van der Waals surface area contributed by atoms with E-state index in [9.17, 15) is 23.2 Å². The molecule has 1 aliphatic heterocycles. The highest BCUT2D eigenvalue weighted by Crippen LogP contribution is 2.23. The van der Waals surface area contributed by atoms with Gasteiger partial charge in [-0.15, -0.1) is 0 Å². The van der Waals surface area contributed by atoms with Gasteiger partial charge in [0.1, 0.15) is 6.61 Å². The number of hydrogen-bond acceptors (Lipinski definition) is 4. The second-order valence-electron chi connectivity index (χ2n) is 6.50. The number of ketones is 1. The molecule has 0 bridgehead atoms. The van der Waals surface area contributed by atoms with Gasteiger partial charge in [0.15, 0.2) is 11.6 Å². The fourth-order valence-electron chi connectivity index (χ4n) is 3.16. The third-order valence-electron chi connectivity index (χ3n) is 4.51. The minimum absolute atomic E-state index is 0.101. The maximum atomic E-state index is 13.5. The predicted octanol–water partition coefficient (Wildman–Crippen LogP) is 2.71. The first kappa shape index (κ1) is 18.5. The van der Waals surface area contributed by atoms with Crippen LogP contribution in [0.25, 0.3) is 10.9 Å². The molecule has 0 aliphatic carbocycles. The lowest BCUT2D eigenvalue weighted by molar-refractivity contribution is -0.135. The highest BCUT2D eigenvalue weighted by molar-refractivity contribution is 6.45. The van der Waals surface area contributed by atoms with E-state index in [1.807, 2.05) is 0 Å². The number of cyclic esters (lactones) is 1. The van der Waals surface area contributed by atoms with Crippen molar-refractivity contribution in [2.45, 2.75) is 6.54 Å². The third kappa shape index (κ3) is 3.64. The summed E-state index contributed by atoms with van der Waals surface area (Å²) in [4.78, 5) is 36.1. The fourth-order valence-corrected chi connectivity index (χ4v) is 3.16. The first-order valence-electron chi connectivity index (χ1n) is 8.67. The summed E-state index contributed by atoms with van der Waals surface area (Å²) in [6.07, 6.45) is 2.61. The molecule has 1 amide bonds. The number of carbonyl (C=O) groups is 3. The summed E-state index contributed by atoms with van der Waals surface area (Å²) in [5.74, 6) is -4.18. The second kappa shape index (κ2) is 7.31. The molecule has 2 aromatic carbocycles. The van der Waals surface area contributed by atoms with E-state index >= 15 is 0 Å². The van der Waals surface area contributed by atoms with E-state index in [0.29, 0.717) is 16.5 Å². The monoisotopic (exact) mass is 396 g/mol. The molecule has 146 valence electrons. The molecule has 4 rings (SSSR count). The third-order valence-corrected chi connectivity index (χ3v) is 4.51. The molecule has 0 spiro atoms. The van der Waals surface area contributed by atoms with E-state index in [1.54, 1.807) is 28.8 Å². The number of hydrogen-bond donors (Lipinski definition) is 1. The minimum Gasteiger partial charge on any atom is -0.456 e. The fraction of sp³-hybridized carbons (Fsp3) is 0.0952. The van der Waals surface area contributed by atoms with Crippen LogP contribution in [0.15, 0.2) is 60.4 Å². The topological polar surface area (TPSA) is 77.4 Å². The van der Waals surface area contributed by atoms with Gasteiger partial charge in [-0.25, -0.2) is 13.6 Å². The van der Waals surface area contributed by atoms with Crippen molar-refractivity contribution in [1.82, 2.24) is 9.88 Å². The summed E-state index contributed by atoms with van der Waals surface area (Å²) in [5.41, 5.74) is 1.53. The van der Waals surface area contributed by atoms with E-state index in [2.05, 4.69) is 5.32 Å². The van der Waals surface area contributed by atoms with Gasteiger partial charge < -0.3 is 14.6 Å². The summed E-state index contributed by atoms with van der Waals surface area (Å²) in [6, 6.07) is 10.5. The molecular weight excluding hydrogens is 382 g/mol. The largest absolute Gasteiger partial charge is 0.456 e. The van der Waals surface area contributed by atoms with E-state index < -0.39 is 29.3 Å². The molecule has 0 radical (unpaired) electrons. The number of carbonyl (C=O) groups excluding carboxylic acids is 3. The number of Topliss-reactive ketones (excluding diaryl/α,β-unsaturated/α-hetero) is 1. The molecule has 1 N–H and O–H groups in total. The number of fused-ring (bicyclic) bond motifs is 1. The SMILES string of the molecule is O=C1C=C(NC(=O)C(=O)c2cn(Cc3ccc(F)c(F)c3)c3ccccc23)CO1. The van der Waals surface area contributed by atoms with Crippen LogP contribution in [0.2, 0.25) is 0 Å². The standard InChI is InChI=1S/C21H14F2N2O4/c22-16-6-5-12(7-17(16)23)9-25-10-15(14-3-1-2-4-18(14)25)20(27)21(28)24-13-8-19(26)29-11-13/h1-8,10H,9,11H2,(H,24,28). The van der Waals surface area contributed by atoms with Gasteiger partial charge in [-0.3, -0.25) is 9.59 Å². The van der Waals surface area contributed by atoms with Crippen molar-refractivity contribution in [3.8, 4) is 0 Å². The lowest BCUT2D eigenvalue weighted by atomic mass is 10.1. The predicted molar refractivity (Wildman–Crippen MR) is 98.9 cm³/mol. The van der Waals surface area contributed by atoms with Gasteiger partial charge in [-0.05, 0) is 23.8 Å². The molecule has 0 saturated heterocycles. The Morgan fingerprint density at radius 1 is 1.10 bits per heavy atom. The van der Waals surface area contributed by atoms with Crippen molar-refractivity contribution >= 4 is 28.6 Å². The van der Waals surface area contributed by atoms with Crippen LogP contribution in [0.4, 0.5) is 8.78 Å². The van der Waals surface area contributed by atoms with Crippen LogP contribution in [0, 0.1) is 11.6 Å². The Hall–Kier alpha value is -3.81. The molecule has 8 heteroatoms. The first-order chi connectivity index (χ1) is 13.9. The van der Waals surface area contributed by atoms with E-state index in [-0.39, 0.29) is 24.4 Å². The van der Waals surface area contributed by atoms with E-state index in [1.165, 1.54) is 12.3 Å². The van der Waals surface area contributed by atoms with Crippen LogP contribution >= 0.6 is 0 Å². The summed E-state index contributed by atoms with van der Waals surface area (Å²) < 4.78 is 33.1. The zero-order valence-corrected chi connectivity index (χ0v) is 14.9. The minimum atomic E-state index is -0.962. The Bertz CT molecular complexity index is 1200. The van der Waals surface area contributed by atoms with Crippen LogP contribution in [-0.2, 0) is 20.9 Å². The van der Waals surface area contributed by atoms with Crippen molar-refractivity contribution in [1.29, 1.82) is 0 Å². The normalized spacial score (nSPS) is 13.3. The number of nitrogens with one attached hydrogen (secondary N) is 1. The summed E-state index contributed by atoms with van der Waals surface area (Å²) >= 11 is 0. The number of aromatic nitrogens is 1. The number of halogens is 2. The molecule has 0 atom stereocenters. The number of ether oxygens (including phenoxy) is 1. The molecular formula is C21H14F2N2O4. The molecule has 1 aliphatic rings. The van der Waals surface area contributed by atoms with Crippen LogP contribution in [0.5, 0.6) is 0 Å². The lowest BCUT2D eigenvalue weighted by Crippen LogP contribution is -2.31. The van der Waals surface area contributed by atoms with Crippen LogP contribution in [0.1, 0.15) is 15.9 Å². The first-order valence-corrected chi connectivity index (χ1v) is 8.67. The Balaban J connectivity index is 1.65. The highest BCUT2D eigenvalue weighted by atomic mass is 19.2. The lowest BCUT2D eigenvalue weighted by Gasteiger charge is -2.06.